The second-order valence-electron chi connectivity index (χ2n) is 4.03. The van der Waals surface area contributed by atoms with Crippen LogP contribution in [0.15, 0.2) is 52.3 Å². The molecule has 0 aliphatic carbocycles. The molecule has 0 spiro atoms. The fourth-order valence-electron chi connectivity index (χ4n) is 1.51. The van der Waals surface area contributed by atoms with Gasteiger partial charge in [0.1, 0.15) is 5.82 Å². The van der Waals surface area contributed by atoms with Crippen LogP contribution in [0.1, 0.15) is 18.5 Å². The van der Waals surface area contributed by atoms with Crippen LogP contribution >= 0.6 is 23.4 Å². The van der Waals surface area contributed by atoms with Crippen molar-refractivity contribution in [3.05, 3.63) is 58.9 Å². The highest BCUT2D eigenvalue weighted by molar-refractivity contribution is 7.99. The summed E-state index contributed by atoms with van der Waals surface area (Å²) in [6.45, 7) is 1.83. The first kappa shape index (κ1) is 13.4. The summed E-state index contributed by atoms with van der Waals surface area (Å²) in [6.07, 6.45) is 0. The summed E-state index contributed by atoms with van der Waals surface area (Å²) in [5.41, 5.74) is 6.51. The van der Waals surface area contributed by atoms with Gasteiger partial charge in [-0.25, -0.2) is 4.39 Å². The van der Waals surface area contributed by atoms with Gasteiger partial charge in [0, 0.05) is 20.9 Å². The summed E-state index contributed by atoms with van der Waals surface area (Å²) in [5, 5.41) is 0.673. The van der Waals surface area contributed by atoms with Crippen molar-refractivity contribution in [2.24, 2.45) is 5.73 Å². The number of rotatable bonds is 3. The molecule has 4 heteroatoms. The molecule has 0 amide bonds. The topological polar surface area (TPSA) is 26.0 Å². The standard InChI is InChI=1S/C14H13ClFNS/c1-9(17)10-2-7-14(13(16)8-10)18-12-5-3-11(15)4-6-12/h2-9H,17H2,1H3. The zero-order chi connectivity index (χ0) is 13.1. The van der Waals surface area contributed by atoms with Crippen molar-refractivity contribution in [2.75, 3.05) is 0 Å². The Hall–Kier alpha value is -1.03. The lowest BCUT2D eigenvalue weighted by atomic mass is 10.1. The molecule has 18 heavy (non-hydrogen) atoms. The van der Waals surface area contributed by atoms with Gasteiger partial charge in [0.05, 0.1) is 0 Å². The Bertz CT molecular complexity index is 540. The van der Waals surface area contributed by atoms with E-state index in [0.29, 0.717) is 9.92 Å². The van der Waals surface area contributed by atoms with Gasteiger partial charge >= 0.3 is 0 Å². The zero-order valence-electron chi connectivity index (χ0n) is 9.86. The molecule has 0 fully saturated rings. The molecule has 2 aromatic rings. The van der Waals surface area contributed by atoms with Crippen molar-refractivity contribution < 1.29 is 4.39 Å². The van der Waals surface area contributed by atoms with Gasteiger partial charge in [-0.05, 0) is 48.9 Å². The third-order valence-electron chi connectivity index (χ3n) is 2.52. The van der Waals surface area contributed by atoms with E-state index in [0.717, 1.165) is 10.5 Å². The van der Waals surface area contributed by atoms with Crippen LogP contribution in [0.5, 0.6) is 0 Å². The molecule has 2 N–H and O–H groups in total. The van der Waals surface area contributed by atoms with Crippen LogP contribution in [-0.2, 0) is 0 Å². The molecule has 0 saturated heterocycles. The van der Waals surface area contributed by atoms with Crippen LogP contribution in [0.25, 0.3) is 0 Å². The van der Waals surface area contributed by atoms with Crippen LogP contribution in [0, 0.1) is 5.82 Å². The van der Waals surface area contributed by atoms with E-state index in [1.165, 1.54) is 17.8 Å². The zero-order valence-corrected chi connectivity index (χ0v) is 11.4. The van der Waals surface area contributed by atoms with E-state index in [2.05, 4.69) is 0 Å². The molecular formula is C14H13ClFNS. The highest BCUT2D eigenvalue weighted by atomic mass is 35.5. The quantitative estimate of drug-likeness (QED) is 0.886. The van der Waals surface area contributed by atoms with Crippen molar-refractivity contribution >= 4 is 23.4 Å². The fraction of sp³-hybridized carbons (Fsp3) is 0.143. The molecule has 0 aliphatic rings. The molecular weight excluding hydrogens is 269 g/mol. The molecule has 0 saturated carbocycles. The summed E-state index contributed by atoms with van der Waals surface area (Å²) in [7, 11) is 0. The molecule has 1 nitrogen and oxygen atoms in total. The SMILES string of the molecule is CC(N)c1ccc(Sc2ccc(Cl)cc2)c(F)c1. The highest BCUT2D eigenvalue weighted by Gasteiger charge is 2.07. The van der Waals surface area contributed by atoms with E-state index in [1.807, 2.05) is 25.1 Å². The first-order valence-electron chi connectivity index (χ1n) is 5.54. The predicted octanol–water partition coefficient (Wildman–Crippen LogP) is 4.65. The minimum atomic E-state index is -0.246. The van der Waals surface area contributed by atoms with Crippen molar-refractivity contribution in [2.45, 2.75) is 22.8 Å². The Labute approximate surface area is 115 Å². The molecule has 94 valence electrons. The minimum Gasteiger partial charge on any atom is -0.324 e. The van der Waals surface area contributed by atoms with Crippen LogP contribution in [0.3, 0.4) is 0 Å². The summed E-state index contributed by atoms with van der Waals surface area (Å²) in [4.78, 5) is 1.54. The second-order valence-corrected chi connectivity index (χ2v) is 5.59. The van der Waals surface area contributed by atoms with Gasteiger partial charge in [-0.1, -0.05) is 29.4 Å². The fourth-order valence-corrected chi connectivity index (χ4v) is 2.46. The van der Waals surface area contributed by atoms with E-state index in [4.69, 9.17) is 17.3 Å². The number of hydrogen-bond donors (Lipinski definition) is 1. The lowest BCUT2D eigenvalue weighted by molar-refractivity contribution is 0.596. The maximum Gasteiger partial charge on any atom is 0.137 e. The third kappa shape index (κ3) is 3.25. The van der Waals surface area contributed by atoms with E-state index in [1.54, 1.807) is 18.2 Å². The highest BCUT2D eigenvalue weighted by Crippen LogP contribution is 2.31. The van der Waals surface area contributed by atoms with Gasteiger partial charge < -0.3 is 5.73 Å². The van der Waals surface area contributed by atoms with Crippen LogP contribution in [-0.4, -0.2) is 0 Å². The molecule has 1 atom stereocenters. The minimum absolute atomic E-state index is 0.158. The van der Waals surface area contributed by atoms with Crippen LogP contribution in [0.4, 0.5) is 4.39 Å². The average molecular weight is 282 g/mol. The smallest absolute Gasteiger partial charge is 0.137 e. The number of nitrogens with two attached hydrogens (primary N) is 1. The van der Waals surface area contributed by atoms with E-state index < -0.39 is 0 Å². The molecule has 0 aliphatic heterocycles. The molecule has 0 heterocycles. The molecule has 0 aromatic heterocycles. The molecule has 2 aromatic carbocycles. The number of benzene rings is 2. The van der Waals surface area contributed by atoms with Gasteiger partial charge in [-0.15, -0.1) is 0 Å². The Morgan fingerprint density at radius 3 is 2.39 bits per heavy atom. The molecule has 0 bridgehead atoms. The molecule has 1 unspecified atom stereocenters. The summed E-state index contributed by atoms with van der Waals surface area (Å²) in [6, 6.07) is 12.3. The van der Waals surface area contributed by atoms with Gasteiger partial charge in [-0.2, -0.15) is 0 Å². The van der Waals surface area contributed by atoms with E-state index in [-0.39, 0.29) is 11.9 Å². The van der Waals surface area contributed by atoms with Crippen molar-refractivity contribution in [1.29, 1.82) is 0 Å². The number of halogens is 2. The van der Waals surface area contributed by atoms with Gasteiger partial charge in [-0.3, -0.25) is 0 Å². The van der Waals surface area contributed by atoms with Crippen LogP contribution < -0.4 is 5.73 Å². The van der Waals surface area contributed by atoms with E-state index in [9.17, 15) is 4.39 Å². The van der Waals surface area contributed by atoms with E-state index >= 15 is 0 Å². The summed E-state index contributed by atoms with van der Waals surface area (Å²) < 4.78 is 13.9. The summed E-state index contributed by atoms with van der Waals surface area (Å²) in [5.74, 6) is -0.246. The van der Waals surface area contributed by atoms with Gasteiger partial charge in [0.2, 0.25) is 0 Å². The predicted molar refractivity (Wildman–Crippen MR) is 74.6 cm³/mol. The van der Waals surface area contributed by atoms with Gasteiger partial charge in [0.25, 0.3) is 0 Å². The average Bonchev–Trinajstić information content (AvgIpc) is 2.34. The number of hydrogen-bond acceptors (Lipinski definition) is 2. The van der Waals surface area contributed by atoms with Crippen molar-refractivity contribution in [3.63, 3.8) is 0 Å². The molecule has 2 rings (SSSR count). The Morgan fingerprint density at radius 2 is 1.83 bits per heavy atom. The monoisotopic (exact) mass is 281 g/mol. The maximum atomic E-state index is 13.9. The van der Waals surface area contributed by atoms with Crippen molar-refractivity contribution in [1.82, 2.24) is 0 Å². The lowest BCUT2D eigenvalue weighted by Crippen LogP contribution is -2.05. The lowest BCUT2D eigenvalue weighted by Gasteiger charge is -2.08. The summed E-state index contributed by atoms with van der Waals surface area (Å²) >= 11 is 7.17. The Morgan fingerprint density at radius 1 is 1.17 bits per heavy atom. The molecule has 0 radical (unpaired) electrons. The Balaban J connectivity index is 2.22. The normalized spacial score (nSPS) is 12.4. The Kier molecular flexibility index (Phi) is 4.27. The first-order valence-corrected chi connectivity index (χ1v) is 6.74. The first-order chi connectivity index (χ1) is 8.56. The van der Waals surface area contributed by atoms with Crippen LogP contribution in [0.2, 0.25) is 5.02 Å². The van der Waals surface area contributed by atoms with Gasteiger partial charge in [0.15, 0.2) is 0 Å². The third-order valence-corrected chi connectivity index (χ3v) is 3.83. The largest absolute Gasteiger partial charge is 0.324 e. The maximum absolute atomic E-state index is 13.9. The second kappa shape index (κ2) is 5.74. The van der Waals surface area contributed by atoms with Crippen molar-refractivity contribution in [3.8, 4) is 0 Å².